The average molecular weight is 670 g/mol. The zero-order valence-electron chi connectivity index (χ0n) is 28.9. The smallest absolute Gasteiger partial charge is 0.115 e. The summed E-state index contributed by atoms with van der Waals surface area (Å²) in [6.07, 6.45) is 0. The van der Waals surface area contributed by atoms with E-state index in [4.69, 9.17) is 0 Å². The number of benzene rings is 9. The molecule has 0 atom stereocenters. The summed E-state index contributed by atoms with van der Waals surface area (Å²) in [7, 11) is 0. The number of hydrogen-bond donors (Lipinski definition) is 0. The van der Waals surface area contributed by atoms with E-state index in [-0.39, 0.29) is 0 Å². The molecule has 9 rings (SSSR count). The Morgan fingerprint density at radius 1 is 0.404 bits per heavy atom. The van der Waals surface area contributed by atoms with Crippen LogP contribution in [0.3, 0.4) is 0 Å². The Balaban J connectivity index is 1.44. The topological polar surface area (TPSA) is 3.24 Å². The van der Waals surface area contributed by atoms with Crippen molar-refractivity contribution in [3.8, 4) is 33.4 Å². The second kappa shape index (κ2) is 13.3. The van der Waals surface area contributed by atoms with Gasteiger partial charge in [-0.1, -0.05) is 151 Å². The number of aryl methyl sites for hydroxylation is 1. The molecule has 0 aliphatic rings. The van der Waals surface area contributed by atoms with Gasteiger partial charge in [-0.2, -0.15) is 0 Å². The molecule has 0 saturated carbocycles. The number of rotatable bonds is 7. The first-order valence-corrected chi connectivity index (χ1v) is 17.8. The highest BCUT2D eigenvalue weighted by Gasteiger charge is 2.22. The maximum atomic E-state index is 13.6. The summed E-state index contributed by atoms with van der Waals surface area (Å²) in [5.74, 6) is 0. The van der Waals surface area contributed by atoms with Crippen LogP contribution in [0.25, 0.3) is 65.7 Å². The second-order valence-corrected chi connectivity index (χ2v) is 13.4. The van der Waals surface area contributed by atoms with E-state index in [1.807, 2.05) is 24.3 Å². The SMILES string of the molecule is Cc1ccc(N(c2ccc(CF)cc2)c2ccc3c(c2)c2ccccc2c2c(-c4ccccc4)cc(-c4ccccc4)c(-c4ccccc4)c32)cc1. The molecule has 0 N–H and O–H groups in total. The molecule has 0 amide bonds. The Bertz CT molecular complexity index is 2680. The molecule has 0 aromatic heterocycles. The Labute approximate surface area is 303 Å². The van der Waals surface area contributed by atoms with Gasteiger partial charge in [0, 0.05) is 17.1 Å². The molecule has 0 heterocycles. The van der Waals surface area contributed by atoms with Crippen LogP contribution in [0.15, 0.2) is 188 Å². The third-order valence-electron chi connectivity index (χ3n) is 10.2. The summed E-state index contributed by atoms with van der Waals surface area (Å²) in [6, 6.07) is 66.9. The summed E-state index contributed by atoms with van der Waals surface area (Å²) in [5.41, 5.74) is 12.1. The summed E-state index contributed by atoms with van der Waals surface area (Å²) >= 11 is 0. The zero-order chi connectivity index (χ0) is 35.0. The molecule has 1 nitrogen and oxygen atoms in total. The lowest BCUT2D eigenvalue weighted by Crippen LogP contribution is -2.10. The van der Waals surface area contributed by atoms with E-state index in [1.54, 1.807) is 0 Å². The van der Waals surface area contributed by atoms with Gasteiger partial charge in [-0.15, -0.1) is 0 Å². The number of alkyl halides is 1. The van der Waals surface area contributed by atoms with Crippen molar-refractivity contribution in [1.29, 1.82) is 0 Å². The monoisotopic (exact) mass is 669 g/mol. The number of halogens is 1. The van der Waals surface area contributed by atoms with Crippen LogP contribution in [-0.2, 0) is 6.67 Å². The van der Waals surface area contributed by atoms with E-state index < -0.39 is 6.67 Å². The van der Waals surface area contributed by atoms with Crippen molar-refractivity contribution >= 4 is 49.4 Å². The molecule has 52 heavy (non-hydrogen) atoms. The highest BCUT2D eigenvalue weighted by atomic mass is 19.1. The summed E-state index contributed by atoms with van der Waals surface area (Å²) < 4.78 is 13.6. The third-order valence-corrected chi connectivity index (χ3v) is 10.2. The first-order valence-electron chi connectivity index (χ1n) is 17.8. The molecular weight excluding hydrogens is 634 g/mol. The van der Waals surface area contributed by atoms with Gasteiger partial charge in [0.05, 0.1) is 0 Å². The number of nitrogens with zero attached hydrogens (tertiary/aromatic N) is 1. The molecule has 0 bridgehead atoms. The number of anilines is 3. The van der Waals surface area contributed by atoms with E-state index in [1.165, 1.54) is 71.3 Å². The predicted molar refractivity (Wildman–Crippen MR) is 219 cm³/mol. The van der Waals surface area contributed by atoms with E-state index in [2.05, 4.69) is 176 Å². The fourth-order valence-corrected chi connectivity index (χ4v) is 7.75. The fraction of sp³-hybridized carbons (Fsp3) is 0.0400. The standard InChI is InChI=1S/C50H36FN/c1-34-21-25-39(26-22-34)52(40-27-23-35(33-51)24-28-40)41-29-30-44-47(31-41)42-19-11-12-20-43(42)49-46(37-15-7-3-8-16-37)32-45(36-13-5-2-6-14-36)48(50(44)49)38-17-9-4-10-18-38/h2-32H,33H2,1H3. The Hall–Kier alpha value is -6.51. The van der Waals surface area contributed by atoms with Crippen LogP contribution in [0.1, 0.15) is 11.1 Å². The fourth-order valence-electron chi connectivity index (χ4n) is 7.75. The largest absolute Gasteiger partial charge is 0.310 e. The number of hydrogen-bond acceptors (Lipinski definition) is 1. The van der Waals surface area contributed by atoms with E-state index in [9.17, 15) is 4.39 Å². The maximum Gasteiger partial charge on any atom is 0.115 e. The molecular formula is C50H36FN. The van der Waals surface area contributed by atoms with Crippen molar-refractivity contribution in [1.82, 2.24) is 0 Å². The van der Waals surface area contributed by atoms with E-state index in [0.29, 0.717) is 5.56 Å². The highest BCUT2D eigenvalue weighted by Crippen LogP contribution is 2.50. The van der Waals surface area contributed by atoms with Gasteiger partial charge in [0.25, 0.3) is 0 Å². The van der Waals surface area contributed by atoms with Gasteiger partial charge in [-0.3, -0.25) is 0 Å². The van der Waals surface area contributed by atoms with Gasteiger partial charge in [-0.05, 0) is 121 Å². The molecule has 0 unspecified atom stereocenters. The quantitative estimate of drug-likeness (QED) is 0.153. The molecule has 0 spiro atoms. The van der Waals surface area contributed by atoms with Crippen LogP contribution < -0.4 is 4.90 Å². The summed E-state index contributed by atoms with van der Waals surface area (Å²) in [4.78, 5) is 2.27. The van der Waals surface area contributed by atoms with Gasteiger partial charge in [0.15, 0.2) is 0 Å². The first kappa shape index (κ1) is 31.5. The molecule has 2 heteroatoms. The Morgan fingerprint density at radius 2 is 0.904 bits per heavy atom. The van der Waals surface area contributed by atoms with Crippen molar-refractivity contribution in [3.05, 3.63) is 199 Å². The first-order chi connectivity index (χ1) is 25.7. The maximum absolute atomic E-state index is 13.6. The highest BCUT2D eigenvalue weighted by molar-refractivity contribution is 6.33. The molecule has 0 saturated heterocycles. The molecule has 9 aromatic rings. The van der Waals surface area contributed by atoms with Crippen LogP contribution in [0.2, 0.25) is 0 Å². The van der Waals surface area contributed by atoms with Gasteiger partial charge in [0.1, 0.15) is 6.67 Å². The van der Waals surface area contributed by atoms with Gasteiger partial charge >= 0.3 is 0 Å². The van der Waals surface area contributed by atoms with E-state index >= 15 is 0 Å². The molecule has 0 fully saturated rings. The van der Waals surface area contributed by atoms with Crippen molar-refractivity contribution in [2.45, 2.75) is 13.6 Å². The van der Waals surface area contributed by atoms with Crippen LogP contribution in [-0.4, -0.2) is 0 Å². The minimum Gasteiger partial charge on any atom is -0.310 e. The van der Waals surface area contributed by atoms with Crippen molar-refractivity contribution < 1.29 is 4.39 Å². The normalized spacial score (nSPS) is 11.3. The van der Waals surface area contributed by atoms with Crippen molar-refractivity contribution in [2.24, 2.45) is 0 Å². The summed E-state index contributed by atoms with van der Waals surface area (Å²) in [5, 5.41) is 7.28. The third kappa shape index (κ3) is 5.50. The molecule has 0 aliphatic heterocycles. The molecule has 248 valence electrons. The molecule has 9 aromatic carbocycles. The lowest BCUT2D eigenvalue weighted by molar-refractivity contribution is 0.485. The van der Waals surface area contributed by atoms with Gasteiger partial charge < -0.3 is 4.90 Å². The van der Waals surface area contributed by atoms with Crippen LogP contribution in [0.5, 0.6) is 0 Å². The zero-order valence-corrected chi connectivity index (χ0v) is 28.9. The van der Waals surface area contributed by atoms with Crippen molar-refractivity contribution in [3.63, 3.8) is 0 Å². The van der Waals surface area contributed by atoms with Crippen LogP contribution >= 0.6 is 0 Å². The lowest BCUT2D eigenvalue weighted by Gasteiger charge is -2.27. The average Bonchev–Trinajstić information content (AvgIpc) is 3.22. The minimum atomic E-state index is -0.487. The second-order valence-electron chi connectivity index (χ2n) is 13.4. The van der Waals surface area contributed by atoms with Gasteiger partial charge in [-0.25, -0.2) is 4.39 Å². The number of fused-ring (bicyclic) bond motifs is 6. The Kier molecular flexibility index (Phi) is 8.06. The molecule has 0 radical (unpaired) electrons. The van der Waals surface area contributed by atoms with Crippen LogP contribution in [0.4, 0.5) is 21.5 Å². The van der Waals surface area contributed by atoms with E-state index in [0.717, 1.165) is 17.1 Å². The molecule has 0 aliphatic carbocycles. The van der Waals surface area contributed by atoms with Crippen molar-refractivity contribution in [2.75, 3.05) is 4.90 Å². The minimum absolute atomic E-state index is 0.487. The summed E-state index contributed by atoms with van der Waals surface area (Å²) in [6.45, 7) is 1.62. The van der Waals surface area contributed by atoms with Crippen LogP contribution in [0, 0.1) is 6.92 Å². The predicted octanol–water partition coefficient (Wildman–Crippen LogP) is 14.4. The van der Waals surface area contributed by atoms with Gasteiger partial charge in [0.2, 0.25) is 0 Å². The lowest BCUT2D eigenvalue weighted by atomic mass is 9.81. The Morgan fingerprint density at radius 3 is 1.52 bits per heavy atom.